The molecule has 0 radical (unpaired) electrons. The molecule has 6 nitrogen and oxygen atoms in total. The van der Waals surface area contributed by atoms with Crippen molar-refractivity contribution in [2.24, 2.45) is 5.92 Å². The molecule has 3 aliphatic heterocycles. The van der Waals surface area contributed by atoms with E-state index in [1.165, 1.54) is 35.7 Å². The SMILES string of the molecule is CC(=O)N(C)Cc1cccc(F)c1-n1cc(CN2CCC3(CC2)OCC(F)(F)C2C=C(Cl)SC23)c(C)n1. The van der Waals surface area contributed by atoms with Gasteiger partial charge in [0.2, 0.25) is 5.91 Å². The third-order valence-corrected chi connectivity index (χ3v) is 9.51. The molecule has 11 heteroatoms. The molecule has 0 bridgehead atoms. The molecule has 4 heterocycles. The van der Waals surface area contributed by atoms with E-state index in [9.17, 15) is 18.0 Å². The van der Waals surface area contributed by atoms with Crippen molar-refractivity contribution in [3.63, 3.8) is 0 Å². The molecule has 2 atom stereocenters. The maximum absolute atomic E-state index is 14.9. The number of benzene rings is 1. The molecule has 2 saturated heterocycles. The highest BCUT2D eigenvalue weighted by Crippen LogP contribution is 2.56. The summed E-state index contributed by atoms with van der Waals surface area (Å²) in [5.41, 5.74) is 2.11. The van der Waals surface area contributed by atoms with Crippen molar-refractivity contribution >= 4 is 29.3 Å². The fourth-order valence-corrected chi connectivity index (χ4v) is 7.33. The summed E-state index contributed by atoms with van der Waals surface area (Å²) >= 11 is 7.46. The van der Waals surface area contributed by atoms with Gasteiger partial charge in [-0.05, 0) is 31.9 Å². The van der Waals surface area contributed by atoms with E-state index in [-0.39, 0.29) is 17.7 Å². The Morgan fingerprint density at radius 1 is 1.30 bits per heavy atom. The first-order valence-electron chi connectivity index (χ1n) is 12.3. The number of amides is 1. The summed E-state index contributed by atoms with van der Waals surface area (Å²) in [6, 6.07) is 4.81. The Balaban J connectivity index is 1.30. The van der Waals surface area contributed by atoms with Crippen LogP contribution in [0, 0.1) is 18.7 Å². The molecule has 2 aromatic rings. The number of aromatic nitrogens is 2. The third kappa shape index (κ3) is 5.05. The first-order chi connectivity index (χ1) is 17.5. The van der Waals surface area contributed by atoms with Crippen LogP contribution < -0.4 is 0 Å². The van der Waals surface area contributed by atoms with Gasteiger partial charge in [0, 0.05) is 57.5 Å². The number of nitrogens with zero attached hydrogens (tertiary/aromatic N) is 4. The summed E-state index contributed by atoms with van der Waals surface area (Å²) in [7, 11) is 1.67. The minimum absolute atomic E-state index is 0.110. The van der Waals surface area contributed by atoms with Gasteiger partial charge < -0.3 is 9.64 Å². The summed E-state index contributed by atoms with van der Waals surface area (Å²) < 4.78 is 51.7. The van der Waals surface area contributed by atoms with Crippen LogP contribution in [0.25, 0.3) is 5.69 Å². The summed E-state index contributed by atoms with van der Waals surface area (Å²) in [5, 5.41) is 4.20. The number of thioether (sulfide) groups is 1. The standard InChI is InChI=1S/C26H30ClF3N4O2S/c1-16-19(14-34(31-16)23-18(5-4-6-21(23)28)12-32(3)17(2)35)13-33-9-7-25(8-10-33)24-20(11-22(27)37-24)26(29,30)15-36-25/h4-6,11,14,20,24H,7-10,12-13,15H2,1-3H3. The van der Waals surface area contributed by atoms with Crippen LogP contribution in [-0.2, 0) is 22.6 Å². The van der Waals surface area contributed by atoms with Gasteiger partial charge in [0.25, 0.3) is 5.92 Å². The summed E-state index contributed by atoms with van der Waals surface area (Å²) in [5.74, 6) is -4.33. The van der Waals surface area contributed by atoms with Crippen molar-refractivity contribution < 1.29 is 22.7 Å². The van der Waals surface area contributed by atoms with E-state index in [0.29, 0.717) is 48.1 Å². The number of aryl methyl sites for hydroxylation is 1. The van der Waals surface area contributed by atoms with Gasteiger partial charge in [-0.25, -0.2) is 17.9 Å². The Morgan fingerprint density at radius 2 is 2.03 bits per heavy atom. The molecule has 1 amide bonds. The van der Waals surface area contributed by atoms with Gasteiger partial charge >= 0.3 is 0 Å². The highest BCUT2D eigenvalue weighted by atomic mass is 35.5. The van der Waals surface area contributed by atoms with E-state index in [2.05, 4.69) is 10.00 Å². The highest BCUT2D eigenvalue weighted by molar-refractivity contribution is 8.05. The summed E-state index contributed by atoms with van der Waals surface area (Å²) in [6.45, 7) is 5.03. The number of ether oxygens (including phenoxy) is 1. The largest absolute Gasteiger partial charge is 0.367 e. The lowest BCUT2D eigenvalue weighted by Gasteiger charge is -2.51. The highest BCUT2D eigenvalue weighted by Gasteiger charge is 2.60. The van der Waals surface area contributed by atoms with Crippen LogP contribution in [0.2, 0.25) is 0 Å². The van der Waals surface area contributed by atoms with Crippen LogP contribution in [-0.4, -0.2) is 69.0 Å². The fourth-order valence-electron chi connectivity index (χ4n) is 5.49. The van der Waals surface area contributed by atoms with E-state index in [1.807, 2.05) is 13.1 Å². The average Bonchev–Trinajstić information content (AvgIpc) is 3.42. The number of rotatable bonds is 5. The van der Waals surface area contributed by atoms with Crippen molar-refractivity contribution in [2.75, 3.05) is 26.7 Å². The van der Waals surface area contributed by atoms with Gasteiger partial charge in [-0.15, -0.1) is 11.8 Å². The number of likely N-dealkylation sites (tertiary alicyclic amines) is 1. The van der Waals surface area contributed by atoms with Crippen LogP contribution in [0.3, 0.4) is 0 Å². The number of piperidine rings is 1. The van der Waals surface area contributed by atoms with E-state index in [0.717, 1.165) is 11.3 Å². The number of hydrogen-bond acceptors (Lipinski definition) is 5. The van der Waals surface area contributed by atoms with Gasteiger partial charge in [-0.3, -0.25) is 9.69 Å². The zero-order valence-corrected chi connectivity index (χ0v) is 22.6. The number of carbonyl (C=O) groups excluding carboxylic acids is 1. The van der Waals surface area contributed by atoms with E-state index in [4.69, 9.17) is 16.3 Å². The second-order valence-corrected chi connectivity index (χ2v) is 12.0. The van der Waals surface area contributed by atoms with Gasteiger partial charge in [0.05, 0.1) is 26.8 Å². The molecule has 5 rings (SSSR count). The Hall–Kier alpha value is -2.01. The lowest BCUT2D eigenvalue weighted by atomic mass is 9.77. The molecule has 0 aliphatic carbocycles. The second kappa shape index (κ2) is 9.94. The number of carbonyl (C=O) groups is 1. The van der Waals surface area contributed by atoms with Gasteiger partial charge in [-0.1, -0.05) is 23.7 Å². The first kappa shape index (κ1) is 26.6. The maximum Gasteiger partial charge on any atom is 0.278 e. The van der Waals surface area contributed by atoms with E-state index >= 15 is 0 Å². The van der Waals surface area contributed by atoms with Crippen molar-refractivity contribution in [2.45, 2.75) is 56.6 Å². The summed E-state index contributed by atoms with van der Waals surface area (Å²) in [6.07, 6.45) is 4.60. The minimum Gasteiger partial charge on any atom is -0.367 e. The Labute approximate surface area is 223 Å². The van der Waals surface area contributed by atoms with Crippen molar-refractivity contribution in [3.8, 4) is 5.69 Å². The predicted molar refractivity (Wildman–Crippen MR) is 137 cm³/mol. The maximum atomic E-state index is 14.9. The molecule has 1 aromatic carbocycles. The van der Waals surface area contributed by atoms with Crippen molar-refractivity contribution in [1.29, 1.82) is 0 Å². The number of hydrogen-bond donors (Lipinski definition) is 0. The van der Waals surface area contributed by atoms with Gasteiger partial charge in [0.1, 0.15) is 18.1 Å². The van der Waals surface area contributed by atoms with Crippen LogP contribution in [0.5, 0.6) is 0 Å². The smallest absolute Gasteiger partial charge is 0.278 e. The molecule has 0 saturated carbocycles. The van der Waals surface area contributed by atoms with Crippen LogP contribution in [0.1, 0.15) is 36.6 Å². The molecular formula is C26H30ClF3N4O2S. The molecule has 1 spiro atoms. The van der Waals surface area contributed by atoms with Crippen molar-refractivity contribution in [1.82, 2.24) is 19.6 Å². The topological polar surface area (TPSA) is 50.6 Å². The second-order valence-electron chi connectivity index (χ2n) is 10.2. The molecule has 3 aliphatic rings. The van der Waals surface area contributed by atoms with Crippen molar-refractivity contribution in [3.05, 3.63) is 57.5 Å². The first-order valence-corrected chi connectivity index (χ1v) is 13.6. The number of allylic oxidation sites excluding steroid dienone is 1. The molecule has 2 fully saturated rings. The lowest BCUT2D eigenvalue weighted by Crippen LogP contribution is -2.61. The minimum atomic E-state index is -2.91. The number of fused-ring (bicyclic) bond motifs is 2. The van der Waals surface area contributed by atoms with Gasteiger partial charge in [0.15, 0.2) is 0 Å². The Morgan fingerprint density at radius 3 is 2.73 bits per heavy atom. The molecule has 2 unspecified atom stereocenters. The predicted octanol–water partition coefficient (Wildman–Crippen LogP) is 5.11. The summed E-state index contributed by atoms with van der Waals surface area (Å²) in [4.78, 5) is 15.5. The zero-order chi connectivity index (χ0) is 26.5. The van der Waals surface area contributed by atoms with E-state index < -0.39 is 29.9 Å². The molecular weight excluding hydrogens is 525 g/mol. The zero-order valence-electron chi connectivity index (χ0n) is 21.0. The molecule has 1 aromatic heterocycles. The third-order valence-electron chi connectivity index (χ3n) is 7.78. The lowest BCUT2D eigenvalue weighted by molar-refractivity contribution is -0.215. The van der Waals surface area contributed by atoms with Gasteiger partial charge in [-0.2, -0.15) is 5.10 Å². The molecule has 200 valence electrons. The van der Waals surface area contributed by atoms with Crippen LogP contribution >= 0.6 is 23.4 Å². The number of alkyl halides is 2. The van der Waals surface area contributed by atoms with E-state index in [1.54, 1.807) is 23.9 Å². The normalized spacial score (nSPS) is 24.7. The van der Waals surface area contributed by atoms with Crippen LogP contribution in [0.15, 0.2) is 34.8 Å². The number of para-hydroxylation sites is 1. The molecule has 0 N–H and O–H groups in total. The monoisotopic (exact) mass is 554 g/mol. The Kier molecular flexibility index (Phi) is 7.15. The average molecular weight is 555 g/mol. The quantitative estimate of drug-likeness (QED) is 0.514. The number of halogens is 4. The molecule has 37 heavy (non-hydrogen) atoms. The fraction of sp³-hybridized carbons (Fsp3) is 0.538. The van der Waals surface area contributed by atoms with Crippen LogP contribution in [0.4, 0.5) is 13.2 Å². The Bertz CT molecular complexity index is 1230.